The number of carboxylic acids is 1. The Morgan fingerprint density at radius 1 is 1.11 bits per heavy atom. The van der Waals surface area contributed by atoms with Gasteiger partial charge in [-0.25, -0.2) is 9.18 Å². The van der Waals surface area contributed by atoms with Crippen LogP contribution in [-0.2, 0) is 10.5 Å². The molecule has 1 aliphatic heterocycles. The average molecular weight is 558 g/mol. The number of carboxylic acid groups (broad SMARTS) is 1. The fraction of sp³-hybridized carbons (Fsp3) is 0.276. The first kappa shape index (κ1) is 27.6. The van der Waals surface area contributed by atoms with E-state index in [1.165, 1.54) is 6.07 Å². The molecular weight excluding hydrogens is 528 g/mol. The Hall–Kier alpha value is -3.42. The van der Waals surface area contributed by atoms with E-state index in [4.69, 9.17) is 27.9 Å². The van der Waals surface area contributed by atoms with Crippen LogP contribution in [0.25, 0.3) is 0 Å². The molecule has 9 heteroatoms. The van der Waals surface area contributed by atoms with Crippen LogP contribution >= 0.6 is 23.2 Å². The molecule has 0 saturated heterocycles. The van der Waals surface area contributed by atoms with E-state index < -0.39 is 23.5 Å². The van der Waals surface area contributed by atoms with Crippen molar-refractivity contribution in [3.63, 3.8) is 0 Å². The Morgan fingerprint density at radius 2 is 1.79 bits per heavy atom. The van der Waals surface area contributed by atoms with Crippen LogP contribution in [0.3, 0.4) is 0 Å². The van der Waals surface area contributed by atoms with Gasteiger partial charge in [0.05, 0.1) is 29.6 Å². The van der Waals surface area contributed by atoms with Crippen LogP contribution in [-0.4, -0.2) is 29.1 Å². The molecule has 2 unspecified atom stereocenters. The van der Waals surface area contributed by atoms with Gasteiger partial charge < -0.3 is 25.4 Å². The van der Waals surface area contributed by atoms with E-state index in [1.54, 1.807) is 43.5 Å². The van der Waals surface area contributed by atoms with E-state index in [9.17, 15) is 9.90 Å². The zero-order chi connectivity index (χ0) is 27.6. The highest BCUT2D eigenvalue weighted by molar-refractivity contribution is 6.31. The molecule has 0 bridgehead atoms. The van der Waals surface area contributed by atoms with Gasteiger partial charge in [-0.3, -0.25) is 0 Å². The van der Waals surface area contributed by atoms with Crippen molar-refractivity contribution in [2.75, 3.05) is 12.4 Å². The zero-order valence-electron chi connectivity index (χ0n) is 21.6. The largest absolute Gasteiger partial charge is 0.496 e. The number of methoxy groups -OCH3 is 1. The van der Waals surface area contributed by atoms with Crippen molar-refractivity contribution < 1.29 is 19.0 Å². The number of hydrogen-bond donors (Lipinski definition) is 3. The van der Waals surface area contributed by atoms with Gasteiger partial charge in [0.25, 0.3) is 0 Å². The van der Waals surface area contributed by atoms with Crippen molar-refractivity contribution in [2.24, 2.45) is 0 Å². The van der Waals surface area contributed by atoms with E-state index in [0.29, 0.717) is 28.5 Å². The molecule has 4 rings (SSSR count). The highest BCUT2D eigenvalue weighted by atomic mass is 35.5. The van der Waals surface area contributed by atoms with Crippen LogP contribution in [0.15, 0.2) is 78.1 Å². The molecule has 1 heterocycles. The van der Waals surface area contributed by atoms with E-state index in [2.05, 4.69) is 10.6 Å². The molecule has 0 saturated carbocycles. The van der Waals surface area contributed by atoms with E-state index in [0.717, 1.165) is 5.56 Å². The van der Waals surface area contributed by atoms with Gasteiger partial charge in [0.1, 0.15) is 17.1 Å². The summed E-state index contributed by atoms with van der Waals surface area (Å²) in [6.45, 7) is 5.97. The third kappa shape index (κ3) is 4.88. The third-order valence-electron chi connectivity index (χ3n) is 6.78. The fourth-order valence-corrected chi connectivity index (χ4v) is 5.49. The molecule has 0 aliphatic carbocycles. The van der Waals surface area contributed by atoms with Crippen molar-refractivity contribution in [2.45, 2.75) is 44.9 Å². The Kier molecular flexibility index (Phi) is 8.09. The first-order valence-corrected chi connectivity index (χ1v) is 13.0. The number of nitrogens with zero attached hydrogens (tertiary/aromatic N) is 1. The molecule has 38 heavy (non-hydrogen) atoms. The summed E-state index contributed by atoms with van der Waals surface area (Å²) in [5, 5.41) is 17.5. The number of anilines is 1. The molecule has 0 aromatic heterocycles. The van der Waals surface area contributed by atoms with Crippen molar-refractivity contribution in [1.29, 1.82) is 0 Å². The number of aliphatic carboxylic acids is 1. The number of para-hydroxylation sites is 1. The summed E-state index contributed by atoms with van der Waals surface area (Å²) >= 11 is 12.3. The second kappa shape index (κ2) is 11.1. The second-order valence-corrected chi connectivity index (χ2v) is 10.1. The summed E-state index contributed by atoms with van der Waals surface area (Å²) < 4.78 is 20.8. The van der Waals surface area contributed by atoms with Crippen molar-refractivity contribution >= 4 is 34.9 Å². The molecule has 0 fully saturated rings. The first-order chi connectivity index (χ1) is 18.1. The minimum absolute atomic E-state index is 0.00124. The number of carbonyl (C=O) groups is 1. The van der Waals surface area contributed by atoms with E-state index in [-0.39, 0.29) is 22.4 Å². The molecule has 0 spiro atoms. The van der Waals surface area contributed by atoms with Crippen molar-refractivity contribution in [3.8, 4) is 5.75 Å². The molecule has 6 nitrogen and oxygen atoms in total. The molecule has 200 valence electrons. The standard InChI is InChI=1S/C29H30Cl2FN3O3/c1-5-29(20-9-6-7-12-23(20)38-4)34-26(28(36)37)27(35(29)17(2)3)25(18-13-15-19(30)16-14-18)33-22-11-8-10-21(31)24(22)32/h6-17,25,33-34H,5H2,1-4H3,(H,36,37). The number of nitrogens with one attached hydrogen (secondary N) is 2. The van der Waals surface area contributed by atoms with Crippen LogP contribution < -0.4 is 15.4 Å². The summed E-state index contributed by atoms with van der Waals surface area (Å²) in [5.41, 5.74) is 1.12. The lowest BCUT2D eigenvalue weighted by Gasteiger charge is -2.45. The summed E-state index contributed by atoms with van der Waals surface area (Å²) in [4.78, 5) is 14.9. The topological polar surface area (TPSA) is 73.8 Å². The number of rotatable bonds is 9. The predicted molar refractivity (Wildman–Crippen MR) is 149 cm³/mol. The predicted octanol–water partition coefficient (Wildman–Crippen LogP) is 7.17. The maximum atomic E-state index is 15.1. The molecule has 3 aromatic rings. The van der Waals surface area contributed by atoms with Gasteiger partial charge >= 0.3 is 5.97 Å². The van der Waals surface area contributed by atoms with Crippen molar-refractivity contribution in [1.82, 2.24) is 10.2 Å². The molecule has 0 radical (unpaired) electrons. The Balaban J connectivity index is 1.99. The maximum absolute atomic E-state index is 15.1. The summed E-state index contributed by atoms with van der Waals surface area (Å²) in [7, 11) is 1.59. The van der Waals surface area contributed by atoms with Gasteiger partial charge in [-0.1, -0.05) is 66.5 Å². The van der Waals surface area contributed by atoms with Crippen molar-refractivity contribution in [3.05, 3.63) is 105 Å². The fourth-order valence-electron chi connectivity index (χ4n) is 5.19. The molecule has 3 N–H and O–H groups in total. The van der Waals surface area contributed by atoms with Gasteiger partial charge in [0, 0.05) is 16.6 Å². The van der Waals surface area contributed by atoms with Gasteiger partial charge in [-0.15, -0.1) is 0 Å². The summed E-state index contributed by atoms with van der Waals surface area (Å²) in [5.74, 6) is -1.14. The second-order valence-electron chi connectivity index (χ2n) is 9.30. The smallest absolute Gasteiger partial charge is 0.353 e. The summed E-state index contributed by atoms with van der Waals surface area (Å²) in [6.07, 6.45) is 0.505. The number of ether oxygens (including phenoxy) is 1. The minimum Gasteiger partial charge on any atom is -0.496 e. The lowest BCUT2D eigenvalue weighted by atomic mass is 9.91. The van der Waals surface area contributed by atoms with E-state index in [1.807, 2.05) is 49.9 Å². The molecule has 0 amide bonds. The molecule has 1 aliphatic rings. The van der Waals surface area contributed by atoms with Crippen LogP contribution in [0, 0.1) is 5.82 Å². The van der Waals surface area contributed by atoms with Gasteiger partial charge in [0.2, 0.25) is 0 Å². The number of benzene rings is 3. The van der Waals surface area contributed by atoms with Crippen LogP contribution in [0.1, 0.15) is 44.4 Å². The maximum Gasteiger partial charge on any atom is 0.353 e. The molecular formula is C29H30Cl2FN3O3. The Bertz CT molecular complexity index is 1360. The Morgan fingerprint density at radius 3 is 2.39 bits per heavy atom. The van der Waals surface area contributed by atoms with Gasteiger partial charge in [-0.05, 0) is 56.2 Å². The number of halogens is 3. The zero-order valence-corrected chi connectivity index (χ0v) is 23.1. The lowest BCUT2D eigenvalue weighted by molar-refractivity contribution is -0.133. The third-order valence-corrected chi connectivity index (χ3v) is 7.33. The molecule has 2 atom stereocenters. The van der Waals surface area contributed by atoms with Crippen LogP contribution in [0.4, 0.5) is 10.1 Å². The SMILES string of the molecule is CCC1(c2ccccc2OC)NC(C(=O)O)=C(C(Nc2cccc(Cl)c2F)c2ccc(Cl)cc2)N1C(C)C. The molecule has 3 aromatic carbocycles. The van der Waals surface area contributed by atoms with E-state index >= 15 is 4.39 Å². The highest BCUT2D eigenvalue weighted by Crippen LogP contribution is 2.48. The average Bonchev–Trinajstić information content (AvgIpc) is 3.27. The lowest BCUT2D eigenvalue weighted by Crippen LogP contribution is -2.53. The van der Waals surface area contributed by atoms with Crippen LogP contribution in [0.5, 0.6) is 5.75 Å². The first-order valence-electron chi connectivity index (χ1n) is 12.3. The van der Waals surface area contributed by atoms with Gasteiger partial charge in [-0.2, -0.15) is 0 Å². The quantitative estimate of drug-likeness (QED) is 0.259. The van der Waals surface area contributed by atoms with Crippen LogP contribution in [0.2, 0.25) is 10.0 Å². The summed E-state index contributed by atoms with van der Waals surface area (Å²) in [6, 6.07) is 18.3. The monoisotopic (exact) mass is 557 g/mol. The minimum atomic E-state index is -1.14. The highest BCUT2D eigenvalue weighted by Gasteiger charge is 2.51. The normalized spacial score (nSPS) is 17.9. The Labute approximate surface area is 232 Å². The van der Waals surface area contributed by atoms with Gasteiger partial charge in [0.15, 0.2) is 5.82 Å². The number of hydrogen-bond acceptors (Lipinski definition) is 5.